The Morgan fingerprint density at radius 2 is 1.94 bits per heavy atom. The Kier molecular flexibility index (Phi) is 6.39. The molecule has 2 amide bonds. The van der Waals surface area contributed by atoms with E-state index in [0.717, 1.165) is 0 Å². The van der Waals surface area contributed by atoms with Crippen molar-refractivity contribution in [1.82, 2.24) is 15.2 Å². The van der Waals surface area contributed by atoms with Crippen LogP contribution < -0.4 is 25.5 Å². The molecule has 1 aromatic carbocycles. The summed E-state index contributed by atoms with van der Waals surface area (Å²) in [4.78, 5) is 39.2. The number of aromatic nitrogens is 1. The van der Waals surface area contributed by atoms with Gasteiger partial charge in [-0.3, -0.25) is 14.4 Å². The highest BCUT2D eigenvalue weighted by Crippen LogP contribution is 2.35. The summed E-state index contributed by atoms with van der Waals surface area (Å²) in [5.74, 6) is 0.848. The summed E-state index contributed by atoms with van der Waals surface area (Å²) in [5, 5.41) is 5.89. The lowest BCUT2D eigenvalue weighted by molar-refractivity contribution is -0.123. The third-order valence-electron chi connectivity index (χ3n) is 5.51. The fourth-order valence-corrected chi connectivity index (χ4v) is 3.85. The molecular weight excluding hydrogens is 426 g/mol. The summed E-state index contributed by atoms with van der Waals surface area (Å²) < 4.78 is 17.9. The molecule has 174 valence electrons. The maximum Gasteiger partial charge on any atom is 0.257 e. The van der Waals surface area contributed by atoms with Gasteiger partial charge in [-0.1, -0.05) is 13.8 Å². The molecule has 4 rings (SSSR count). The van der Waals surface area contributed by atoms with Gasteiger partial charge in [-0.25, -0.2) is 0 Å². The monoisotopic (exact) mass is 453 g/mol. The second-order valence-corrected chi connectivity index (χ2v) is 8.33. The van der Waals surface area contributed by atoms with E-state index in [1.807, 2.05) is 25.3 Å². The van der Waals surface area contributed by atoms with Gasteiger partial charge in [-0.2, -0.15) is 0 Å². The molecule has 0 saturated heterocycles. The summed E-state index contributed by atoms with van der Waals surface area (Å²) in [7, 11) is 0. The van der Waals surface area contributed by atoms with E-state index in [9.17, 15) is 14.4 Å². The van der Waals surface area contributed by atoms with Gasteiger partial charge in [0.05, 0.1) is 23.7 Å². The van der Waals surface area contributed by atoms with Crippen molar-refractivity contribution in [3.8, 4) is 11.5 Å². The van der Waals surface area contributed by atoms with Crippen LogP contribution in [0.1, 0.15) is 43.3 Å². The first-order chi connectivity index (χ1) is 15.9. The van der Waals surface area contributed by atoms with E-state index in [0.29, 0.717) is 41.1 Å². The van der Waals surface area contributed by atoms with E-state index in [1.165, 1.54) is 12.5 Å². The summed E-state index contributed by atoms with van der Waals surface area (Å²) in [5.41, 5.74) is 0.193. The number of fused-ring (bicyclic) bond motifs is 2. The zero-order valence-electron chi connectivity index (χ0n) is 18.8. The summed E-state index contributed by atoms with van der Waals surface area (Å²) in [6, 6.07) is 6.04. The van der Waals surface area contributed by atoms with Crippen molar-refractivity contribution in [2.24, 2.45) is 5.92 Å². The van der Waals surface area contributed by atoms with Gasteiger partial charge in [-0.15, -0.1) is 0 Å². The number of carbonyl (C=O) groups excluding carboxylic acids is 2. The van der Waals surface area contributed by atoms with Crippen molar-refractivity contribution >= 4 is 22.7 Å². The topological polar surface area (TPSA) is 112 Å². The number of nitrogens with zero attached hydrogens (tertiary/aromatic N) is 1. The number of pyridine rings is 1. The Morgan fingerprint density at radius 1 is 1.18 bits per heavy atom. The van der Waals surface area contributed by atoms with Crippen LogP contribution in [0.3, 0.4) is 0 Å². The highest BCUT2D eigenvalue weighted by atomic mass is 16.7. The number of furan rings is 1. The molecular formula is C24H27N3O6. The van der Waals surface area contributed by atoms with Crippen LogP contribution >= 0.6 is 0 Å². The number of ether oxygens (including phenoxy) is 2. The predicted molar refractivity (Wildman–Crippen MR) is 121 cm³/mol. The molecule has 33 heavy (non-hydrogen) atoms. The average molecular weight is 453 g/mol. The molecule has 1 atom stereocenters. The van der Waals surface area contributed by atoms with Gasteiger partial charge >= 0.3 is 0 Å². The van der Waals surface area contributed by atoms with E-state index in [-0.39, 0.29) is 30.7 Å². The smallest absolute Gasteiger partial charge is 0.257 e. The normalized spacial score (nSPS) is 13.3. The Morgan fingerprint density at radius 3 is 2.61 bits per heavy atom. The van der Waals surface area contributed by atoms with Crippen LogP contribution in [0, 0.1) is 5.92 Å². The molecule has 9 nitrogen and oxygen atoms in total. The van der Waals surface area contributed by atoms with Crippen molar-refractivity contribution in [2.45, 2.75) is 46.3 Å². The molecule has 0 aliphatic carbocycles. The van der Waals surface area contributed by atoms with Crippen molar-refractivity contribution in [3.05, 3.63) is 58.3 Å². The molecule has 9 heteroatoms. The van der Waals surface area contributed by atoms with Crippen molar-refractivity contribution in [1.29, 1.82) is 0 Å². The van der Waals surface area contributed by atoms with Gasteiger partial charge < -0.3 is 29.1 Å². The van der Waals surface area contributed by atoms with Crippen LogP contribution in [-0.2, 0) is 17.9 Å². The summed E-state index contributed by atoms with van der Waals surface area (Å²) >= 11 is 0. The Labute approximate surface area is 190 Å². The van der Waals surface area contributed by atoms with Gasteiger partial charge in [0, 0.05) is 18.8 Å². The first kappa shape index (κ1) is 22.4. The van der Waals surface area contributed by atoms with Gasteiger partial charge in [0.1, 0.15) is 17.4 Å². The highest BCUT2D eigenvalue weighted by Gasteiger charge is 2.25. The van der Waals surface area contributed by atoms with Crippen molar-refractivity contribution in [3.63, 3.8) is 0 Å². The number of nitrogens with one attached hydrogen (secondary N) is 2. The maximum absolute atomic E-state index is 13.2. The third kappa shape index (κ3) is 4.72. The highest BCUT2D eigenvalue weighted by molar-refractivity contribution is 6.00. The summed E-state index contributed by atoms with van der Waals surface area (Å²) in [6.45, 7) is 6.67. The molecule has 3 aromatic rings. The Hall–Kier alpha value is -3.75. The number of amides is 2. The van der Waals surface area contributed by atoms with E-state index < -0.39 is 17.4 Å². The molecule has 1 aliphatic heterocycles. The first-order valence-corrected chi connectivity index (χ1v) is 10.9. The Bertz CT molecular complexity index is 1230. The first-order valence-electron chi connectivity index (χ1n) is 10.9. The minimum absolute atomic E-state index is 0.0317. The quantitative estimate of drug-likeness (QED) is 0.543. The minimum atomic E-state index is -0.797. The maximum atomic E-state index is 13.2. The predicted octanol–water partition coefficient (Wildman–Crippen LogP) is 2.80. The fraction of sp³-hybridized carbons (Fsp3) is 0.375. The van der Waals surface area contributed by atoms with Crippen LogP contribution in [0.4, 0.5) is 0 Å². The average Bonchev–Trinajstić information content (AvgIpc) is 3.47. The fourth-order valence-electron chi connectivity index (χ4n) is 3.85. The van der Waals surface area contributed by atoms with Gasteiger partial charge in [-0.05, 0) is 37.5 Å². The molecule has 0 bridgehead atoms. The number of aryl methyl sites for hydroxylation is 1. The van der Waals surface area contributed by atoms with Crippen molar-refractivity contribution < 1.29 is 23.5 Å². The second kappa shape index (κ2) is 9.40. The van der Waals surface area contributed by atoms with E-state index in [1.54, 1.807) is 24.3 Å². The molecule has 1 aliphatic rings. The van der Waals surface area contributed by atoms with Crippen LogP contribution in [0.15, 0.2) is 45.9 Å². The van der Waals surface area contributed by atoms with Crippen LogP contribution in [0.5, 0.6) is 11.5 Å². The molecule has 0 fully saturated rings. The van der Waals surface area contributed by atoms with Crippen molar-refractivity contribution in [2.75, 3.05) is 6.79 Å². The number of hydrogen-bond donors (Lipinski definition) is 2. The van der Waals surface area contributed by atoms with Gasteiger partial charge in [0.25, 0.3) is 5.91 Å². The molecule has 3 heterocycles. The number of benzene rings is 1. The molecule has 0 radical (unpaired) electrons. The second-order valence-electron chi connectivity index (χ2n) is 8.33. The van der Waals surface area contributed by atoms with Crippen LogP contribution in [0.25, 0.3) is 10.9 Å². The SMILES string of the molecule is CCn1cc(C(=O)N[C@H](CC(C)C)C(=O)NCc2ccco2)c(=O)c2cc3c(cc21)OCO3. The lowest BCUT2D eigenvalue weighted by atomic mass is 10.0. The van der Waals surface area contributed by atoms with Gasteiger partial charge in [0.15, 0.2) is 11.5 Å². The molecule has 0 saturated carbocycles. The minimum Gasteiger partial charge on any atom is -0.467 e. The molecule has 2 aromatic heterocycles. The third-order valence-corrected chi connectivity index (χ3v) is 5.51. The zero-order valence-corrected chi connectivity index (χ0v) is 18.8. The van der Waals surface area contributed by atoms with Gasteiger partial charge in [0.2, 0.25) is 18.1 Å². The molecule has 0 spiro atoms. The van der Waals surface area contributed by atoms with E-state index >= 15 is 0 Å². The zero-order chi connectivity index (χ0) is 23.5. The lowest BCUT2D eigenvalue weighted by Gasteiger charge is -2.20. The molecule has 0 unspecified atom stereocenters. The number of rotatable bonds is 8. The standard InChI is InChI=1S/C24H27N3O6/c1-4-27-12-17(22(28)16-9-20-21(10-19(16)27)33-13-32-20)23(29)26-18(8-14(2)3)24(30)25-11-15-6-5-7-31-15/h5-7,9-10,12,14,18H,4,8,11,13H2,1-3H3,(H,25,30)(H,26,29)/t18-/m1/s1. The van der Waals surface area contributed by atoms with Crippen LogP contribution in [0.2, 0.25) is 0 Å². The van der Waals surface area contributed by atoms with E-state index in [4.69, 9.17) is 13.9 Å². The largest absolute Gasteiger partial charge is 0.467 e. The lowest BCUT2D eigenvalue weighted by Crippen LogP contribution is -2.48. The van der Waals surface area contributed by atoms with E-state index in [2.05, 4.69) is 10.6 Å². The Balaban J connectivity index is 1.61. The number of hydrogen-bond acceptors (Lipinski definition) is 6. The summed E-state index contributed by atoms with van der Waals surface area (Å²) in [6.07, 6.45) is 3.47. The van der Waals surface area contributed by atoms with Crippen LogP contribution in [-0.4, -0.2) is 29.2 Å². The molecule has 2 N–H and O–H groups in total. The number of carbonyl (C=O) groups is 2.